The molecule has 0 bridgehead atoms. The summed E-state index contributed by atoms with van der Waals surface area (Å²) in [6.07, 6.45) is 0. The van der Waals surface area contributed by atoms with Crippen LogP contribution in [0.5, 0.6) is 11.5 Å². The lowest BCUT2D eigenvalue weighted by Gasteiger charge is -2.15. The lowest BCUT2D eigenvalue weighted by atomic mass is 10.1. The van der Waals surface area contributed by atoms with E-state index in [9.17, 15) is 4.79 Å². The van der Waals surface area contributed by atoms with Gasteiger partial charge in [-0.25, -0.2) is 4.98 Å². The van der Waals surface area contributed by atoms with Crippen molar-refractivity contribution in [2.45, 2.75) is 24.1 Å². The Morgan fingerprint density at radius 2 is 1.79 bits per heavy atom. The van der Waals surface area contributed by atoms with E-state index in [2.05, 4.69) is 5.32 Å². The summed E-state index contributed by atoms with van der Waals surface area (Å²) in [4.78, 5) is 17.8. The van der Waals surface area contributed by atoms with Gasteiger partial charge in [0.15, 0.2) is 0 Å². The monoisotopic (exact) mass is 472 g/mol. The number of hydrogen-bond donors (Lipinski definition) is 1. The van der Waals surface area contributed by atoms with Gasteiger partial charge in [-0.05, 0) is 49.7 Å². The highest BCUT2D eigenvalue weighted by atomic mass is 32.2. The van der Waals surface area contributed by atoms with Crippen molar-refractivity contribution in [1.82, 2.24) is 4.98 Å². The Morgan fingerprint density at radius 3 is 2.59 bits per heavy atom. The van der Waals surface area contributed by atoms with Gasteiger partial charge in [0.2, 0.25) is 5.91 Å². The van der Waals surface area contributed by atoms with Gasteiger partial charge < -0.3 is 19.2 Å². The second kappa shape index (κ2) is 8.91. The van der Waals surface area contributed by atoms with Crippen molar-refractivity contribution in [1.29, 1.82) is 0 Å². The lowest BCUT2D eigenvalue weighted by Crippen LogP contribution is -2.22. The molecule has 0 saturated heterocycles. The maximum atomic E-state index is 13.1. The van der Waals surface area contributed by atoms with Crippen molar-refractivity contribution in [2.75, 3.05) is 19.5 Å². The van der Waals surface area contributed by atoms with E-state index in [0.717, 1.165) is 43.6 Å². The molecule has 2 aromatic heterocycles. The number of pyridine rings is 1. The Morgan fingerprint density at radius 1 is 0.971 bits per heavy atom. The summed E-state index contributed by atoms with van der Waals surface area (Å²) in [5, 5.41) is 6.40. The van der Waals surface area contributed by atoms with Gasteiger partial charge in [-0.2, -0.15) is 0 Å². The average molecular weight is 473 g/mol. The van der Waals surface area contributed by atoms with Crippen LogP contribution in [-0.2, 0) is 4.79 Å². The molecule has 0 saturated carbocycles. The van der Waals surface area contributed by atoms with E-state index in [0.29, 0.717) is 17.0 Å². The Hall–Kier alpha value is -3.71. The van der Waals surface area contributed by atoms with Crippen molar-refractivity contribution < 1.29 is 18.7 Å². The minimum Gasteiger partial charge on any atom is -0.497 e. The minimum atomic E-state index is -0.383. The van der Waals surface area contributed by atoms with E-state index < -0.39 is 0 Å². The third-order valence-corrected chi connectivity index (χ3v) is 6.84. The Balaban J connectivity index is 1.40. The Kier molecular flexibility index (Phi) is 5.79. The molecule has 0 fully saturated rings. The van der Waals surface area contributed by atoms with Gasteiger partial charge in [0, 0.05) is 28.3 Å². The van der Waals surface area contributed by atoms with Crippen molar-refractivity contribution >= 4 is 56.2 Å². The van der Waals surface area contributed by atoms with Gasteiger partial charge >= 0.3 is 0 Å². The molecule has 2 heterocycles. The standard InChI is InChI=1S/C27H24N2O4S/c1-15-11-26(28-21-12-17(31-3)9-10-18(15)21)34-16(2)27(30)29-22-14-24-20(13-25(22)32-4)19-7-5-6-8-23(19)33-24/h5-14,16H,1-4H3,(H,29,30). The molecular formula is C27H24N2O4S. The molecule has 0 aliphatic carbocycles. The zero-order valence-electron chi connectivity index (χ0n) is 19.3. The van der Waals surface area contributed by atoms with Crippen molar-refractivity contribution in [3.8, 4) is 11.5 Å². The van der Waals surface area contributed by atoms with Crippen LogP contribution in [0.1, 0.15) is 12.5 Å². The molecule has 3 aromatic carbocycles. The zero-order valence-corrected chi connectivity index (χ0v) is 20.2. The molecule has 1 unspecified atom stereocenters. The number of furan rings is 1. The van der Waals surface area contributed by atoms with Gasteiger partial charge in [-0.3, -0.25) is 4.79 Å². The van der Waals surface area contributed by atoms with Crippen molar-refractivity contribution in [3.05, 3.63) is 66.2 Å². The lowest BCUT2D eigenvalue weighted by molar-refractivity contribution is -0.115. The second-order valence-electron chi connectivity index (χ2n) is 8.06. The smallest absolute Gasteiger partial charge is 0.237 e. The second-order valence-corrected chi connectivity index (χ2v) is 9.42. The number of fused-ring (bicyclic) bond motifs is 4. The number of aryl methyl sites for hydroxylation is 1. The number of hydrogen-bond acceptors (Lipinski definition) is 6. The van der Waals surface area contributed by atoms with Crippen molar-refractivity contribution in [3.63, 3.8) is 0 Å². The number of aromatic nitrogens is 1. The number of nitrogens with one attached hydrogen (secondary N) is 1. The van der Waals surface area contributed by atoms with Gasteiger partial charge in [0.25, 0.3) is 0 Å². The molecule has 0 spiro atoms. The zero-order chi connectivity index (χ0) is 23.8. The largest absolute Gasteiger partial charge is 0.497 e. The van der Waals surface area contributed by atoms with Crippen LogP contribution in [0.4, 0.5) is 5.69 Å². The number of ether oxygens (including phenoxy) is 2. The number of anilines is 1. The molecule has 1 N–H and O–H groups in total. The van der Waals surface area contributed by atoms with Crippen LogP contribution in [0.3, 0.4) is 0 Å². The molecule has 7 heteroatoms. The van der Waals surface area contributed by atoms with E-state index in [1.54, 1.807) is 14.2 Å². The molecule has 0 aliphatic heterocycles. The van der Waals surface area contributed by atoms with E-state index >= 15 is 0 Å². The molecule has 6 nitrogen and oxygen atoms in total. The Labute approximate surface area is 201 Å². The highest BCUT2D eigenvalue weighted by Gasteiger charge is 2.19. The van der Waals surface area contributed by atoms with Gasteiger partial charge in [0.1, 0.15) is 22.7 Å². The summed E-state index contributed by atoms with van der Waals surface area (Å²) in [6, 6.07) is 19.4. The molecular weight excluding hydrogens is 448 g/mol. The number of carbonyl (C=O) groups is 1. The number of methoxy groups -OCH3 is 2. The van der Waals surface area contributed by atoms with Crippen LogP contribution in [0, 0.1) is 6.92 Å². The predicted octanol–water partition coefficient (Wildman–Crippen LogP) is 6.58. The number of rotatable bonds is 6. The molecule has 5 rings (SSSR count). The molecule has 1 amide bonds. The minimum absolute atomic E-state index is 0.149. The number of nitrogens with zero attached hydrogens (tertiary/aromatic N) is 1. The number of benzene rings is 3. The fraction of sp³-hybridized carbons (Fsp3) is 0.185. The first kappa shape index (κ1) is 22.1. The fourth-order valence-corrected chi connectivity index (χ4v) is 4.95. The predicted molar refractivity (Wildman–Crippen MR) is 137 cm³/mol. The highest BCUT2D eigenvalue weighted by Crippen LogP contribution is 2.37. The molecule has 5 aromatic rings. The molecule has 172 valence electrons. The third kappa shape index (κ3) is 4.03. The summed E-state index contributed by atoms with van der Waals surface area (Å²) in [6.45, 7) is 3.90. The summed E-state index contributed by atoms with van der Waals surface area (Å²) in [5.74, 6) is 1.18. The molecule has 1 atom stereocenters. The third-order valence-electron chi connectivity index (χ3n) is 5.82. The van der Waals surface area contributed by atoms with Crippen LogP contribution in [0.2, 0.25) is 0 Å². The van der Waals surface area contributed by atoms with Crippen molar-refractivity contribution in [2.24, 2.45) is 0 Å². The maximum Gasteiger partial charge on any atom is 0.237 e. The number of amides is 1. The first-order valence-electron chi connectivity index (χ1n) is 10.9. The summed E-state index contributed by atoms with van der Waals surface area (Å²) >= 11 is 1.41. The quantitative estimate of drug-likeness (QED) is 0.281. The van der Waals surface area contributed by atoms with Crippen LogP contribution in [0.25, 0.3) is 32.8 Å². The fourth-order valence-electron chi connectivity index (χ4n) is 4.03. The van der Waals surface area contributed by atoms with Gasteiger partial charge in [0.05, 0.1) is 35.7 Å². The summed E-state index contributed by atoms with van der Waals surface area (Å²) in [7, 11) is 3.23. The van der Waals surface area contributed by atoms with Crippen LogP contribution in [0.15, 0.2) is 70.1 Å². The molecule has 0 aliphatic rings. The first-order chi connectivity index (χ1) is 16.5. The highest BCUT2D eigenvalue weighted by molar-refractivity contribution is 8.00. The van der Waals surface area contributed by atoms with Gasteiger partial charge in [-0.15, -0.1) is 0 Å². The topological polar surface area (TPSA) is 73.6 Å². The van der Waals surface area contributed by atoms with Crippen LogP contribution >= 0.6 is 11.8 Å². The average Bonchev–Trinajstić information content (AvgIpc) is 3.20. The normalized spacial score (nSPS) is 12.2. The van der Waals surface area contributed by atoms with E-state index in [1.807, 2.05) is 74.5 Å². The SMILES string of the molecule is COc1ccc2c(C)cc(SC(C)C(=O)Nc3cc4oc5ccccc5c4cc3OC)nc2c1. The number of carbonyl (C=O) groups excluding carboxylic acids is 1. The molecule has 34 heavy (non-hydrogen) atoms. The van der Waals surface area contributed by atoms with Gasteiger partial charge in [-0.1, -0.05) is 30.0 Å². The first-order valence-corrected chi connectivity index (χ1v) is 11.8. The maximum absolute atomic E-state index is 13.1. The summed E-state index contributed by atoms with van der Waals surface area (Å²) < 4.78 is 16.9. The van der Waals surface area contributed by atoms with E-state index in [-0.39, 0.29) is 11.2 Å². The van der Waals surface area contributed by atoms with Crippen LogP contribution in [-0.4, -0.2) is 30.4 Å². The number of thioether (sulfide) groups is 1. The summed E-state index contributed by atoms with van der Waals surface area (Å²) in [5.41, 5.74) is 3.99. The van der Waals surface area contributed by atoms with Crippen LogP contribution < -0.4 is 14.8 Å². The van der Waals surface area contributed by atoms with E-state index in [1.165, 1.54) is 11.8 Å². The number of para-hydroxylation sites is 1. The van der Waals surface area contributed by atoms with E-state index in [4.69, 9.17) is 18.9 Å². The molecule has 0 radical (unpaired) electrons. The Bertz CT molecular complexity index is 1540.